The fourth-order valence-corrected chi connectivity index (χ4v) is 2.45. The van der Waals surface area contributed by atoms with Crippen LogP contribution in [0.5, 0.6) is 0 Å². The number of nitrogens with zero attached hydrogens (tertiary/aromatic N) is 5. The van der Waals surface area contributed by atoms with Crippen molar-refractivity contribution in [2.24, 2.45) is 0 Å². The molecule has 0 radical (unpaired) electrons. The molecule has 2 aromatic heterocycles. The van der Waals surface area contributed by atoms with Crippen LogP contribution >= 0.6 is 0 Å². The fourth-order valence-electron chi connectivity index (χ4n) is 2.45. The van der Waals surface area contributed by atoms with Crippen LogP contribution in [0.2, 0.25) is 0 Å². The molecule has 0 atom stereocenters. The standard InChI is InChI=1S/C18H23N7/c1-3-24(4-2)20-13-17-14-25(23-22-17)18-9-7-15(8-10-18)21-16-6-5-11-19-12-16/h5-12,14,20-21H,3-4,13H2,1-2H3. The van der Waals surface area contributed by atoms with Crippen LogP contribution in [0.15, 0.2) is 55.0 Å². The second-order valence-electron chi connectivity index (χ2n) is 5.58. The molecule has 3 aromatic rings. The largest absolute Gasteiger partial charge is 0.354 e. The molecule has 7 nitrogen and oxygen atoms in total. The number of pyridine rings is 1. The van der Waals surface area contributed by atoms with Gasteiger partial charge < -0.3 is 5.32 Å². The number of rotatable bonds is 8. The Labute approximate surface area is 147 Å². The van der Waals surface area contributed by atoms with Crippen molar-refractivity contribution in [2.75, 3.05) is 18.4 Å². The van der Waals surface area contributed by atoms with Crippen LogP contribution in [0.25, 0.3) is 5.69 Å². The number of hydrazine groups is 1. The minimum atomic E-state index is 0.669. The maximum absolute atomic E-state index is 4.22. The van der Waals surface area contributed by atoms with Crippen molar-refractivity contribution in [1.29, 1.82) is 0 Å². The van der Waals surface area contributed by atoms with Gasteiger partial charge in [0.1, 0.15) is 0 Å². The normalized spacial score (nSPS) is 11.0. The van der Waals surface area contributed by atoms with Crippen molar-refractivity contribution in [3.63, 3.8) is 0 Å². The number of nitrogens with one attached hydrogen (secondary N) is 2. The molecule has 7 heteroatoms. The van der Waals surface area contributed by atoms with Crippen molar-refractivity contribution in [2.45, 2.75) is 20.4 Å². The molecule has 0 bridgehead atoms. The van der Waals surface area contributed by atoms with Gasteiger partial charge in [0.15, 0.2) is 0 Å². The molecule has 0 aliphatic carbocycles. The first-order chi connectivity index (χ1) is 12.3. The second-order valence-corrected chi connectivity index (χ2v) is 5.58. The van der Waals surface area contributed by atoms with Gasteiger partial charge in [-0.25, -0.2) is 15.1 Å². The minimum Gasteiger partial charge on any atom is -0.354 e. The molecule has 0 saturated carbocycles. The smallest absolute Gasteiger partial charge is 0.0983 e. The lowest BCUT2D eigenvalue weighted by molar-refractivity contribution is 0.204. The predicted octanol–water partition coefficient (Wildman–Crippen LogP) is 2.75. The quantitative estimate of drug-likeness (QED) is 0.616. The van der Waals surface area contributed by atoms with E-state index in [1.807, 2.05) is 42.6 Å². The molecule has 1 aromatic carbocycles. The lowest BCUT2D eigenvalue weighted by Crippen LogP contribution is -2.37. The number of aromatic nitrogens is 4. The van der Waals surface area contributed by atoms with E-state index in [9.17, 15) is 0 Å². The zero-order chi connectivity index (χ0) is 17.5. The Hall–Kier alpha value is -2.77. The zero-order valence-corrected chi connectivity index (χ0v) is 14.6. The summed E-state index contributed by atoms with van der Waals surface area (Å²) in [7, 11) is 0. The zero-order valence-electron chi connectivity index (χ0n) is 14.6. The Morgan fingerprint density at radius 2 is 1.84 bits per heavy atom. The van der Waals surface area contributed by atoms with E-state index in [1.54, 1.807) is 17.1 Å². The van der Waals surface area contributed by atoms with E-state index in [0.29, 0.717) is 6.54 Å². The molecule has 0 amide bonds. The molecule has 2 heterocycles. The van der Waals surface area contributed by atoms with E-state index < -0.39 is 0 Å². The van der Waals surface area contributed by atoms with Gasteiger partial charge in [0.05, 0.1) is 36.0 Å². The van der Waals surface area contributed by atoms with Crippen LogP contribution in [0, 0.1) is 0 Å². The van der Waals surface area contributed by atoms with Gasteiger partial charge in [-0.3, -0.25) is 4.98 Å². The highest BCUT2D eigenvalue weighted by Crippen LogP contribution is 2.17. The Balaban J connectivity index is 1.62. The average molecular weight is 337 g/mol. The number of anilines is 2. The van der Waals surface area contributed by atoms with Crippen LogP contribution in [0.3, 0.4) is 0 Å². The first kappa shape index (κ1) is 17.1. The molecule has 0 aliphatic heterocycles. The first-order valence-corrected chi connectivity index (χ1v) is 8.45. The maximum atomic E-state index is 4.22. The number of hydrogen-bond donors (Lipinski definition) is 2. The van der Waals surface area contributed by atoms with E-state index in [1.165, 1.54) is 0 Å². The summed E-state index contributed by atoms with van der Waals surface area (Å²) in [6.07, 6.45) is 5.49. The van der Waals surface area contributed by atoms with Gasteiger partial charge in [0.25, 0.3) is 0 Å². The summed E-state index contributed by atoms with van der Waals surface area (Å²) in [6, 6.07) is 11.9. The van der Waals surface area contributed by atoms with E-state index >= 15 is 0 Å². The molecular formula is C18H23N7. The van der Waals surface area contributed by atoms with Crippen molar-refractivity contribution < 1.29 is 0 Å². The molecule has 0 fully saturated rings. The first-order valence-electron chi connectivity index (χ1n) is 8.45. The molecule has 0 aliphatic rings. The van der Waals surface area contributed by atoms with Gasteiger partial charge >= 0.3 is 0 Å². The SMILES string of the molecule is CCN(CC)NCc1cn(-c2ccc(Nc3cccnc3)cc2)nn1. The molecule has 130 valence electrons. The van der Waals surface area contributed by atoms with E-state index in [-0.39, 0.29) is 0 Å². The van der Waals surface area contributed by atoms with Crippen LogP contribution in [-0.4, -0.2) is 38.1 Å². The fraction of sp³-hybridized carbons (Fsp3) is 0.278. The summed E-state index contributed by atoms with van der Waals surface area (Å²) in [4.78, 5) is 4.10. The molecular weight excluding hydrogens is 314 g/mol. The van der Waals surface area contributed by atoms with Gasteiger partial charge in [-0.05, 0) is 36.4 Å². The highest BCUT2D eigenvalue weighted by molar-refractivity contribution is 5.59. The predicted molar refractivity (Wildman–Crippen MR) is 98.6 cm³/mol. The van der Waals surface area contributed by atoms with Gasteiger partial charge in [-0.1, -0.05) is 19.1 Å². The summed E-state index contributed by atoms with van der Waals surface area (Å²) in [5.41, 5.74) is 7.18. The van der Waals surface area contributed by atoms with Crippen LogP contribution in [0.4, 0.5) is 11.4 Å². The summed E-state index contributed by atoms with van der Waals surface area (Å²) in [5, 5.41) is 13.9. The van der Waals surface area contributed by atoms with Crippen LogP contribution in [-0.2, 0) is 6.54 Å². The second kappa shape index (κ2) is 8.36. The monoisotopic (exact) mass is 337 g/mol. The lowest BCUT2D eigenvalue weighted by Gasteiger charge is -2.18. The van der Waals surface area contributed by atoms with Crippen LogP contribution in [0.1, 0.15) is 19.5 Å². The summed E-state index contributed by atoms with van der Waals surface area (Å²) < 4.78 is 1.78. The molecule has 0 saturated heterocycles. The Morgan fingerprint density at radius 3 is 2.52 bits per heavy atom. The topological polar surface area (TPSA) is 70.9 Å². The summed E-state index contributed by atoms with van der Waals surface area (Å²) in [6.45, 7) is 6.82. The van der Waals surface area contributed by atoms with E-state index in [2.05, 4.69) is 44.9 Å². The molecule has 2 N–H and O–H groups in total. The van der Waals surface area contributed by atoms with Crippen LogP contribution < -0.4 is 10.7 Å². The number of hydrogen-bond acceptors (Lipinski definition) is 6. The van der Waals surface area contributed by atoms with Gasteiger partial charge in [-0.2, -0.15) is 0 Å². The van der Waals surface area contributed by atoms with Crippen molar-refractivity contribution in [3.8, 4) is 5.69 Å². The lowest BCUT2D eigenvalue weighted by atomic mass is 10.2. The maximum Gasteiger partial charge on any atom is 0.0983 e. The van der Waals surface area contributed by atoms with Gasteiger partial charge in [0, 0.05) is 25.0 Å². The Bertz CT molecular complexity index is 764. The molecule has 25 heavy (non-hydrogen) atoms. The molecule has 0 unspecified atom stereocenters. The Morgan fingerprint density at radius 1 is 1.04 bits per heavy atom. The summed E-state index contributed by atoms with van der Waals surface area (Å²) in [5.74, 6) is 0. The van der Waals surface area contributed by atoms with Gasteiger partial charge in [0.2, 0.25) is 0 Å². The van der Waals surface area contributed by atoms with Crippen molar-refractivity contribution >= 4 is 11.4 Å². The third-order valence-electron chi connectivity index (χ3n) is 3.87. The number of benzene rings is 1. The van der Waals surface area contributed by atoms with Gasteiger partial charge in [-0.15, -0.1) is 5.10 Å². The summed E-state index contributed by atoms with van der Waals surface area (Å²) >= 11 is 0. The van der Waals surface area contributed by atoms with E-state index in [4.69, 9.17) is 0 Å². The van der Waals surface area contributed by atoms with Crippen molar-refractivity contribution in [3.05, 3.63) is 60.7 Å². The average Bonchev–Trinajstić information content (AvgIpc) is 3.13. The molecule has 0 spiro atoms. The Kier molecular flexibility index (Phi) is 5.71. The van der Waals surface area contributed by atoms with E-state index in [0.717, 1.165) is 35.8 Å². The highest BCUT2D eigenvalue weighted by Gasteiger charge is 2.05. The third-order valence-corrected chi connectivity index (χ3v) is 3.87. The highest BCUT2D eigenvalue weighted by atomic mass is 15.5. The molecule has 3 rings (SSSR count). The third kappa shape index (κ3) is 4.62. The minimum absolute atomic E-state index is 0.669. The van der Waals surface area contributed by atoms with Crippen molar-refractivity contribution in [1.82, 2.24) is 30.4 Å².